The second kappa shape index (κ2) is 7.40. The lowest BCUT2D eigenvalue weighted by Gasteiger charge is -2.16. The molecule has 3 N–H and O–H groups in total. The molecule has 6 nitrogen and oxygen atoms in total. The molecule has 1 aliphatic carbocycles. The molecule has 1 aromatic heterocycles. The highest BCUT2D eigenvalue weighted by Gasteiger charge is 2.26. The van der Waals surface area contributed by atoms with E-state index >= 15 is 0 Å². The van der Waals surface area contributed by atoms with Gasteiger partial charge in [-0.05, 0) is 55.5 Å². The van der Waals surface area contributed by atoms with E-state index in [1.54, 1.807) is 24.5 Å². The second-order valence-corrected chi connectivity index (χ2v) is 6.22. The summed E-state index contributed by atoms with van der Waals surface area (Å²) in [5.74, 6) is 0.943. The fourth-order valence-electron chi connectivity index (χ4n) is 3.04. The van der Waals surface area contributed by atoms with Crippen LogP contribution in [-0.2, 0) is 4.79 Å². The molecular weight excluding hydrogens is 304 g/mol. The summed E-state index contributed by atoms with van der Waals surface area (Å²) in [6, 6.07) is 7.66. The summed E-state index contributed by atoms with van der Waals surface area (Å²) in [4.78, 5) is 20.3. The van der Waals surface area contributed by atoms with Crippen molar-refractivity contribution in [3.8, 4) is 11.8 Å². The van der Waals surface area contributed by atoms with Crippen molar-refractivity contribution in [3.05, 3.63) is 42.2 Å². The standard InChI is InChI=1S/C18H22N4O2/c1-12-10-14(24-18-20-8-3-9-21-18)6-7-16(12)22-17(23)11-13-4-2-5-15(13)19/h3,6-10,13,15H,2,4-5,11,19H2,1H3,(H,22,23)/t13-,15+/m0/s1. The van der Waals surface area contributed by atoms with Crippen LogP contribution in [0.3, 0.4) is 0 Å². The first-order valence-corrected chi connectivity index (χ1v) is 8.23. The Bertz CT molecular complexity index is 705. The van der Waals surface area contributed by atoms with Gasteiger partial charge in [0.15, 0.2) is 0 Å². The van der Waals surface area contributed by atoms with E-state index in [0.717, 1.165) is 30.5 Å². The SMILES string of the molecule is Cc1cc(Oc2ncccn2)ccc1NC(=O)C[C@@H]1CCC[C@H]1N. The predicted octanol–water partition coefficient (Wildman–Crippen LogP) is 3.03. The maximum atomic E-state index is 12.2. The summed E-state index contributed by atoms with van der Waals surface area (Å²) in [6.07, 6.45) is 6.90. The number of rotatable bonds is 5. The van der Waals surface area contributed by atoms with Gasteiger partial charge in [0.25, 0.3) is 0 Å². The zero-order valence-electron chi connectivity index (χ0n) is 13.7. The summed E-state index contributed by atoms with van der Waals surface area (Å²) >= 11 is 0. The molecule has 1 fully saturated rings. The van der Waals surface area contributed by atoms with E-state index in [1.165, 1.54) is 0 Å². The average molecular weight is 326 g/mol. The van der Waals surface area contributed by atoms with Gasteiger partial charge in [0.1, 0.15) is 5.75 Å². The van der Waals surface area contributed by atoms with Crippen LogP contribution in [0.25, 0.3) is 0 Å². The Balaban J connectivity index is 1.61. The predicted molar refractivity (Wildman–Crippen MR) is 91.8 cm³/mol. The Morgan fingerprint density at radius 2 is 2.12 bits per heavy atom. The second-order valence-electron chi connectivity index (χ2n) is 6.22. The van der Waals surface area contributed by atoms with Gasteiger partial charge in [0.2, 0.25) is 5.91 Å². The molecule has 6 heteroatoms. The summed E-state index contributed by atoms with van der Waals surface area (Å²) in [7, 11) is 0. The van der Waals surface area contributed by atoms with Gasteiger partial charge in [-0.2, -0.15) is 0 Å². The molecule has 2 aromatic rings. The van der Waals surface area contributed by atoms with Crippen molar-refractivity contribution in [3.63, 3.8) is 0 Å². The fraction of sp³-hybridized carbons (Fsp3) is 0.389. The number of hydrogen-bond donors (Lipinski definition) is 2. The van der Waals surface area contributed by atoms with Crippen molar-refractivity contribution >= 4 is 11.6 Å². The maximum absolute atomic E-state index is 12.2. The molecule has 0 radical (unpaired) electrons. The number of nitrogens with one attached hydrogen (secondary N) is 1. The van der Waals surface area contributed by atoms with Crippen LogP contribution in [0, 0.1) is 12.8 Å². The normalized spacial score (nSPS) is 19.9. The number of aryl methyl sites for hydroxylation is 1. The lowest BCUT2D eigenvalue weighted by molar-refractivity contribution is -0.117. The van der Waals surface area contributed by atoms with Crippen LogP contribution in [0.2, 0.25) is 0 Å². The lowest BCUT2D eigenvalue weighted by atomic mass is 10.00. The number of benzene rings is 1. The number of nitrogens with two attached hydrogens (primary N) is 1. The van der Waals surface area contributed by atoms with E-state index < -0.39 is 0 Å². The van der Waals surface area contributed by atoms with Crippen molar-refractivity contribution < 1.29 is 9.53 Å². The molecule has 0 spiro atoms. The molecule has 0 bridgehead atoms. The van der Waals surface area contributed by atoms with Crippen LogP contribution in [0.4, 0.5) is 5.69 Å². The number of aromatic nitrogens is 2. The highest BCUT2D eigenvalue weighted by atomic mass is 16.5. The molecule has 1 heterocycles. The Morgan fingerprint density at radius 1 is 1.33 bits per heavy atom. The molecule has 24 heavy (non-hydrogen) atoms. The quantitative estimate of drug-likeness (QED) is 0.881. The Hall–Kier alpha value is -2.47. The van der Waals surface area contributed by atoms with Crippen molar-refractivity contribution in [2.75, 3.05) is 5.32 Å². The Morgan fingerprint density at radius 3 is 2.79 bits per heavy atom. The molecule has 1 aliphatic rings. The smallest absolute Gasteiger partial charge is 0.321 e. The van der Waals surface area contributed by atoms with Gasteiger partial charge in [-0.1, -0.05) is 6.42 Å². The molecule has 3 rings (SSSR count). The fourth-order valence-corrected chi connectivity index (χ4v) is 3.04. The van der Waals surface area contributed by atoms with Crippen molar-refractivity contribution in [2.45, 2.75) is 38.6 Å². The molecule has 1 amide bonds. The molecule has 0 unspecified atom stereocenters. The highest BCUT2D eigenvalue weighted by molar-refractivity contribution is 5.91. The summed E-state index contributed by atoms with van der Waals surface area (Å²) in [6.45, 7) is 1.93. The molecule has 126 valence electrons. The largest absolute Gasteiger partial charge is 0.424 e. The summed E-state index contributed by atoms with van der Waals surface area (Å²) < 4.78 is 5.59. The van der Waals surface area contributed by atoms with Crippen molar-refractivity contribution in [1.29, 1.82) is 0 Å². The summed E-state index contributed by atoms with van der Waals surface area (Å²) in [5.41, 5.74) is 7.74. The first-order chi connectivity index (χ1) is 11.6. The maximum Gasteiger partial charge on any atom is 0.321 e. The molecule has 1 aromatic carbocycles. The zero-order valence-corrected chi connectivity index (χ0v) is 13.7. The minimum absolute atomic E-state index is 0.0144. The van der Waals surface area contributed by atoms with Crippen LogP contribution < -0.4 is 15.8 Å². The van der Waals surface area contributed by atoms with Crippen LogP contribution >= 0.6 is 0 Å². The molecule has 1 saturated carbocycles. The monoisotopic (exact) mass is 326 g/mol. The van der Waals surface area contributed by atoms with E-state index in [4.69, 9.17) is 10.5 Å². The van der Waals surface area contributed by atoms with Crippen LogP contribution in [0.15, 0.2) is 36.7 Å². The lowest BCUT2D eigenvalue weighted by Crippen LogP contribution is -2.28. The van der Waals surface area contributed by atoms with Gasteiger partial charge in [-0.25, -0.2) is 9.97 Å². The average Bonchev–Trinajstić information content (AvgIpc) is 2.96. The number of nitrogens with zero attached hydrogens (tertiary/aromatic N) is 2. The van der Waals surface area contributed by atoms with Gasteiger partial charge in [0, 0.05) is 30.5 Å². The van der Waals surface area contributed by atoms with Crippen LogP contribution in [0.1, 0.15) is 31.2 Å². The van der Waals surface area contributed by atoms with Crippen molar-refractivity contribution in [1.82, 2.24) is 9.97 Å². The van der Waals surface area contributed by atoms with Gasteiger partial charge in [-0.3, -0.25) is 4.79 Å². The molecule has 0 saturated heterocycles. The molecule has 2 atom stereocenters. The van der Waals surface area contributed by atoms with Gasteiger partial charge in [-0.15, -0.1) is 0 Å². The van der Waals surface area contributed by atoms with E-state index in [0.29, 0.717) is 24.1 Å². The van der Waals surface area contributed by atoms with E-state index in [2.05, 4.69) is 15.3 Å². The number of amides is 1. The minimum Gasteiger partial charge on any atom is -0.424 e. The molecular formula is C18H22N4O2. The van der Waals surface area contributed by atoms with Gasteiger partial charge < -0.3 is 15.8 Å². The highest BCUT2D eigenvalue weighted by Crippen LogP contribution is 2.28. The topological polar surface area (TPSA) is 90.1 Å². The van der Waals surface area contributed by atoms with Crippen LogP contribution in [-0.4, -0.2) is 21.9 Å². The summed E-state index contributed by atoms with van der Waals surface area (Å²) in [5, 5.41) is 2.97. The van der Waals surface area contributed by atoms with Crippen LogP contribution in [0.5, 0.6) is 11.8 Å². The third kappa shape index (κ3) is 4.08. The number of anilines is 1. The Labute approximate surface area is 141 Å². The number of carbonyl (C=O) groups is 1. The van der Waals surface area contributed by atoms with E-state index in [9.17, 15) is 4.79 Å². The number of carbonyl (C=O) groups excluding carboxylic acids is 1. The van der Waals surface area contributed by atoms with Crippen molar-refractivity contribution in [2.24, 2.45) is 11.7 Å². The van der Waals surface area contributed by atoms with E-state index in [1.807, 2.05) is 19.1 Å². The third-order valence-electron chi connectivity index (χ3n) is 4.39. The zero-order chi connectivity index (χ0) is 16.9. The first kappa shape index (κ1) is 16.4. The minimum atomic E-state index is 0.0144. The Kier molecular flexibility index (Phi) is 5.05. The van der Waals surface area contributed by atoms with Gasteiger partial charge >= 0.3 is 6.01 Å². The van der Waals surface area contributed by atoms with E-state index in [-0.39, 0.29) is 11.9 Å². The first-order valence-electron chi connectivity index (χ1n) is 8.23. The third-order valence-corrected chi connectivity index (χ3v) is 4.39. The van der Waals surface area contributed by atoms with Gasteiger partial charge in [0.05, 0.1) is 0 Å². The number of hydrogen-bond acceptors (Lipinski definition) is 5. The molecule has 0 aliphatic heterocycles. The number of ether oxygens (including phenoxy) is 1.